The van der Waals surface area contributed by atoms with E-state index < -0.39 is 0 Å². The first-order chi connectivity index (χ1) is 29.8. The van der Waals surface area contributed by atoms with Crippen LogP contribution in [-0.4, -0.2) is 0 Å². The summed E-state index contributed by atoms with van der Waals surface area (Å²) in [5.74, 6) is 0. The molecular weight excluding hydrogens is 727 g/mol. The number of nitrogens with zero attached hydrogens (tertiary/aromatic N) is 1. The van der Waals surface area contributed by atoms with Gasteiger partial charge in [-0.3, -0.25) is 0 Å². The molecule has 0 spiro atoms. The Kier molecular flexibility index (Phi) is 8.87. The first-order valence-electron chi connectivity index (χ1n) is 20.5. The number of fused-ring (bicyclic) bond motifs is 4. The summed E-state index contributed by atoms with van der Waals surface area (Å²) in [5, 5.41) is 4.70. The van der Waals surface area contributed by atoms with E-state index in [0.29, 0.717) is 0 Å². The van der Waals surface area contributed by atoms with Crippen molar-refractivity contribution in [1.82, 2.24) is 0 Å². The molecule has 0 unspecified atom stereocenters. The zero-order valence-corrected chi connectivity index (χ0v) is 32.9. The minimum atomic E-state index is 0.858. The molecule has 0 aliphatic rings. The van der Waals surface area contributed by atoms with Crippen molar-refractivity contribution in [2.45, 2.75) is 0 Å². The monoisotopic (exact) mass is 765 g/mol. The molecule has 1 heterocycles. The third-order valence-corrected chi connectivity index (χ3v) is 11.7. The number of rotatable bonds is 8. The molecule has 10 aromatic carbocycles. The third-order valence-electron chi connectivity index (χ3n) is 11.7. The fourth-order valence-electron chi connectivity index (χ4n) is 8.84. The van der Waals surface area contributed by atoms with E-state index >= 15 is 0 Å². The van der Waals surface area contributed by atoms with Gasteiger partial charge in [0, 0.05) is 33.8 Å². The maximum absolute atomic E-state index is 6.49. The zero-order valence-electron chi connectivity index (χ0n) is 32.9. The molecule has 0 aliphatic carbocycles. The molecule has 11 aromatic rings. The van der Waals surface area contributed by atoms with Crippen LogP contribution in [0, 0.1) is 0 Å². The van der Waals surface area contributed by atoms with Gasteiger partial charge in [0.1, 0.15) is 11.2 Å². The molecule has 282 valence electrons. The topological polar surface area (TPSA) is 16.4 Å². The Hall–Kier alpha value is -7.94. The van der Waals surface area contributed by atoms with Gasteiger partial charge in [0.25, 0.3) is 0 Å². The van der Waals surface area contributed by atoms with Crippen LogP contribution in [0.5, 0.6) is 0 Å². The Labute approximate surface area is 349 Å². The van der Waals surface area contributed by atoms with Crippen LogP contribution >= 0.6 is 0 Å². The standard InChI is InChI=1S/C58H39NO/c1-2-15-40(16-3-1)41-29-31-43(32-30-41)49-20-6-7-21-50(49)51-22-8-9-23-52(51)53-24-10-12-27-56(53)59(46-37-38-55-54-25-11-13-28-57(54)60-58(55)39-46)45-35-33-44(34-36-45)48-26-14-18-42-17-4-5-19-47(42)48/h1-39H. The molecule has 0 atom stereocenters. The minimum Gasteiger partial charge on any atom is -0.456 e. The normalized spacial score (nSPS) is 11.3. The van der Waals surface area contributed by atoms with E-state index in [-0.39, 0.29) is 0 Å². The molecule has 0 saturated heterocycles. The summed E-state index contributed by atoms with van der Waals surface area (Å²) in [7, 11) is 0. The summed E-state index contributed by atoms with van der Waals surface area (Å²) in [4.78, 5) is 2.37. The van der Waals surface area contributed by atoms with Gasteiger partial charge in [-0.15, -0.1) is 0 Å². The molecule has 0 amide bonds. The average molecular weight is 766 g/mol. The maximum atomic E-state index is 6.49. The third kappa shape index (κ3) is 6.32. The van der Waals surface area contributed by atoms with Crippen LogP contribution in [0.25, 0.3) is 88.3 Å². The number of furan rings is 1. The molecule has 11 rings (SSSR count). The summed E-state index contributed by atoms with van der Waals surface area (Å²) < 4.78 is 6.49. The molecular formula is C58H39NO. The van der Waals surface area contributed by atoms with Crippen LogP contribution in [0.4, 0.5) is 17.1 Å². The van der Waals surface area contributed by atoms with Crippen molar-refractivity contribution < 1.29 is 4.42 Å². The largest absolute Gasteiger partial charge is 0.456 e. The first kappa shape index (κ1) is 35.2. The molecule has 60 heavy (non-hydrogen) atoms. The highest BCUT2D eigenvalue weighted by atomic mass is 16.3. The summed E-state index contributed by atoms with van der Waals surface area (Å²) in [6.07, 6.45) is 0. The lowest BCUT2D eigenvalue weighted by molar-refractivity contribution is 0.669. The molecule has 0 fully saturated rings. The highest BCUT2D eigenvalue weighted by Gasteiger charge is 2.21. The van der Waals surface area contributed by atoms with Crippen molar-refractivity contribution in [3.05, 3.63) is 237 Å². The summed E-state index contributed by atoms with van der Waals surface area (Å²) in [5.41, 5.74) is 16.7. The fourth-order valence-corrected chi connectivity index (χ4v) is 8.84. The van der Waals surface area contributed by atoms with Crippen LogP contribution in [-0.2, 0) is 0 Å². The fraction of sp³-hybridized carbons (Fsp3) is 0. The van der Waals surface area contributed by atoms with Gasteiger partial charge in [0.2, 0.25) is 0 Å². The Morgan fingerprint density at radius 1 is 0.267 bits per heavy atom. The van der Waals surface area contributed by atoms with E-state index in [9.17, 15) is 0 Å². The van der Waals surface area contributed by atoms with E-state index in [1.54, 1.807) is 0 Å². The van der Waals surface area contributed by atoms with E-state index in [0.717, 1.165) is 50.1 Å². The number of benzene rings is 10. The average Bonchev–Trinajstić information content (AvgIpc) is 3.70. The summed E-state index contributed by atoms with van der Waals surface area (Å²) >= 11 is 0. The lowest BCUT2D eigenvalue weighted by Crippen LogP contribution is -2.11. The molecule has 0 saturated carbocycles. The van der Waals surface area contributed by atoms with Crippen LogP contribution < -0.4 is 4.90 Å². The maximum Gasteiger partial charge on any atom is 0.137 e. The van der Waals surface area contributed by atoms with Gasteiger partial charge in [-0.25, -0.2) is 0 Å². The lowest BCUT2D eigenvalue weighted by Gasteiger charge is -2.28. The zero-order chi connectivity index (χ0) is 39.8. The Morgan fingerprint density at radius 2 is 0.750 bits per heavy atom. The predicted octanol–water partition coefficient (Wildman–Crippen LogP) is 16.5. The van der Waals surface area contributed by atoms with Gasteiger partial charge in [0.15, 0.2) is 0 Å². The Balaban J connectivity index is 1.06. The molecule has 2 nitrogen and oxygen atoms in total. The second-order valence-corrected chi connectivity index (χ2v) is 15.2. The number of para-hydroxylation sites is 2. The quantitative estimate of drug-likeness (QED) is 0.153. The molecule has 0 bridgehead atoms. The summed E-state index contributed by atoms with van der Waals surface area (Å²) in [6.45, 7) is 0. The Morgan fingerprint density at radius 3 is 1.53 bits per heavy atom. The van der Waals surface area contributed by atoms with Crippen LogP contribution in [0.15, 0.2) is 241 Å². The second kappa shape index (κ2) is 15.1. The van der Waals surface area contributed by atoms with Crippen molar-refractivity contribution in [1.29, 1.82) is 0 Å². The first-order valence-corrected chi connectivity index (χ1v) is 20.5. The second-order valence-electron chi connectivity index (χ2n) is 15.2. The van der Waals surface area contributed by atoms with Crippen molar-refractivity contribution >= 4 is 49.8 Å². The molecule has 0 N–H and O–H groups in total. The van der Waals surface area contributed by atoms with Crippen molar-refractivity contribution in [2.24, 2.45) is 0 Å². The predicted molar refractivity (Wildman–Crippen MR) is 253 cm³/mol. The smallest absolute Gasteiger partial charge is 0.137 e. The van der Waals surface area contributed by atoms with Crippen LogP contribution in [0.3, 0.4) is 0 Å². The highest BCUT2D eigenvalue weighted by molar-refractivity contribution is 6.07. The van der Waals surface area contributed by atoms with Crippen molar-refractivity contribution in [3.63, 3.8) is 0 Å². The molecule has 1 aromatic heterocycles. The molecule has 0 radical (unpaired) electrons. The van der Waals surface area contributed by atoms with Crippen LogP contribution in [0.1, 0.15) is 0 Å². The molecule has 0 aliphatic heterocycles. The highest BCUT2D eigenvalue weighted by Crippen LogP contribution is 2.46. The van der Waals surface area contributed by atoms with E-state index in [2.05, 4.69) is 229 Å². The van der Waals surface area contributed by atoms with Gasteiger partial charge in [-0.2, -0.15) is 0 Å². The van der Waals surface area contributed by atoms with Gasteiger partial charge in [-0.05, 0) is 97.2 Å². The van der Waals surface area contributed by atoms with Crippen molar-refractivity contribution in [3.8, 4) is 55.6 Å². The van der Waals surface area contributed by atoms with Gasteiger partial charge >= 0.3 is 0 Å². The van der Waals surface area contributed by atoms with Gasteiger partial charge in [-0.1, -0.05) is 194 Å². The lowest BCUT2D eigenvalue weighted by atomic mass is 9.88. The van der Waals surface area contributed by atoms with E-state index in [1.807, 2.05) is 12.1 Å². The number of hydrogen-bond donors (Lipinski definition) is 0. The molecule has 2 heteroatoms. The van der Waals surface area contributed by atoms with E-state index in [4.69, 9.17) is 4.42 Å². The van der Waals surface area contributed by atoms with Crippen molar-refractivity contribution in [2.75, 3.05) is 4.90 Å². The van der Waals surface area contributed by atoms with Gasteiger partial charge in [0.05, 0.1) is 5.69 Å². The number of hydrogen-bond acceptors (Lipinski definition) is 2. The SMILES string of the molecule is c1ccc(-c2ccc(-c3ccccc3-c3ccccc3-c3ccccc3N(c3ccc(-c4cccc5ccccc45)cc3)c3ccc4c(c3)oc3ccccc34)cc2)cc1. The Bertz CT molecular complexity index is 3300. The van der Waals surface area contributed by atoms with E-state index in [1.165, 1.54) is 55.3 Å². The van der Waals surface area contributed by atoms with Gasteiger partial charge < -0.3 is 9.32 Å². The summed E-state index contributed by atoms with van der Waals surface area (Å²) in [6, 6.07) is 84.9. The van der Waals surface area contributed by atoms with Crippen LogP contribution in [0.2, 0.25) is 0 Å². The number of anilines is 3. The minimum absolute atomic E-state index is 0.858.